The van der Waals surface area contributed by atoms with Crippen molar-refractivity contribution in [2.45, 2.75) is 50.5 Å². The van der Waals surface area contributed by atoms with Crippen molar-refractivity contribution in [2.75, 3.05) is 0 Å². The third kappa shape index (κ3) is 5.80. The van der Waals surface area contributed by atoms with Crippen molar-refractivity contribution in [2.24, 2.45) is 0 Å². The molecule has 0 N–H and O–H groups in total. The van der Waals surface area contributed by atoms with Crippen LogP contribution in [0.15, 0.2) is 206 Å². The second-order valence-corrected chi connectivity index (χ2v) is 18.9. The van der Waals surface area contributed by atoms with Gasteiger partial charge in [0.05, 0.1) is 22.6 Å². The van der Waals surface area contributed by atoms with E-state index in [2.05, 4.69) is 215 Å². The monoisotopic (exact) mass is 844 g/mol. The van der Waals surface area contributed by atoms with Crippen molar-refractivity contribution in [1.82, 2.24) is 9.13 Å². The number of hydrogen-bond donors (Lipinski definition) is 0. The lowest BCUT2D eigenvalue weighted by molar-refractivity contribution is 0.645. The molecule has 14 rings (SSSR count). The molecule has 0 saturated heterocycles. The van der Waals surface area contributed by atoms with E-state index in [0.29, 0.717) is 5.92 Å². The number of benzene rings is 8. The standard InChI is InChI=1S/C64H48N2/c1-5-13-41(14-6-1)43-21-25-45(26-22-43)47-31-35-59-55(37-47)57-39-49-29-34-54-62-50(30-33-53(61(49)62)63(57)65(59)51-17-9-3-10-18-51)40-58-56-38-48(46-27-23-44(24-28-46)42-15-7-2-8-16-42)32-36-60(56)66(64(54)58)52-19-11-4-12-20-52/h1-15,17,19-28,31-32,35-40,42,51H,16,18,29-30,33-34H2. The van der Waals surface area contributed by atoms with E-state index in [9.17, 15) is 0 Å². The predicted octanol–water partition coefficient (Wildman–Crippen LogP) is 16.4. The van der Waals surface area contributed by atoms with Crippen molar-refractivity contribution < 1.29 is 0 Å². The summed E-state index contributed by atoms with van der Waals surface area (Å²) in [4.78, 5) is 0. The maximum absolute atomic E-state index is 2.71. The van der Waals surface area contributed by atoms with Gasteiger partial charge in [0, 0.05) is 38.7 Å². The number of aromatic nitrogens is 2. The van der Waals surface area contributed by atoms with Gasteiger partial charge in [-0.05, 0) is 159 Å². The molecule has 2 aromatic heterocycles. The fourth-order valence-electron chi connectivity index (χ4n) is 12.2. The molecule has 0 fully saturated rings. The Bertz CT molecular complexity index is 3720. The number of aryl methyl sites for hydroxylation is 4. The molecule has 0 spiro atoms. The van der Waals surface area contributed by atoms with Crippen LogP contribution in [0, 0.1) is 0 Å². The molecule has 4 aliphatic rings. The maximum Gasteiger partial charge on any atom is 0.0579 e. The van der Waals surface area contributed by atoms with E-state index in [0.717, 1.165) is 38.5 Å². The van der Waals surface area contributed by atoms with E-state index in [4.69, 9.17) is 0 Å². The molecule has 8 aromatic carbocycles. The van der Waals surface area contributed by atoms with Crippen LogP contribution in [0.25, 0.3) is 93.8 Å². The second kappa shape index (κ2) is 14.9. The Kier molecular flexibility index (Phi) is 8.53. The molecule has 314 valence electrons. The molecule has 2 atom stereocenters. The molecule has 10 aromatic rings. The van der Waals surface area contributed by atoms with Crippen LogP contribution in [0.3, 0.4) is 0 Å². The molecule has 4 aliphatic carbocycles. The lowest BCUT2D eigenvalue weighted by atomic mass is 9.74. The predicted molar refractivity (Wildman–Crippen MR) is 278 cm³/mol. The minimum atomic E-state index is 0.263. The van der Waals surface area contributed by atoms with Gasteiger partial charge in [-0.3, -0.25) is 0 Å². The molecule has 0 radical (unpaired) electrons. The van der Waals surface area contributed by atoms with Gasteiger partial charge >= 0.3 is 0 Å². The number of fused-ring (bicyclic) bond motifs is 8. The normalized spacial score (nSPS) is 17.1. The van der Waals surface area contributed by atoms with Crippen LogP contribution >= 0.6 is 0 Å². The van der Waals surface area contributed by atoms with E-state index < -0.39 is 0 Å². The van der Waals surface area contributed by atoms with Crippen LogP contribution in [0.5, 0.6) is 0 Å². The van der Waals surface area contributed by atoms with Gasteiger partial charge in [0.15, 0.2) is 0 Å². The highest BCUT2D eigenvalue weighted by atomic mass is 15.0. The summed E-state index contributed by atoms with van der Waals surface area (Å²) in [6.45, 7) is 0. The zero-order valence-electron chi connectivity index (χ0n) is 36.9. The molecular weight excluding hydrogens is 797 g/mol. The molecule has 0 amide bonds. The lowest BCUT2D eigenvalue weighted by Crippen LogP contribution is -2.17. The molecular formula is C64H48N2. The molecule has 0 saturated carbocycles. The Hall–Kier alpha value is -7.68. The highest BCUT2D eigenvalue weighted by molar-refractivity contribution is 6.16. The quantitative estimate of drug-likeness (QED) is 0.158. The number of para-hydroxylation sites is 1. The first-order valence-corrected chi connectivity index (χ1v) is 24.0. The van der Waals surface area contributed by atoms with Crippen LogP contribution in [-0.4, -0.2) is 9.13 Å². The Balaban J connectivity index is 0.958. The van der Waals surface area contributed by atoms with Crippen molar-refractivity contribution >= 4 is 43.6 Å². The first-order valence-electron chi connectivity index (χ1n) is 24.0. The van der Waals surface area contributed by atoms with Crippen LogP contribution in [0.1, 0.15) is 52.6 Å². The van der Waals surface area contributed by atoms with Gasteiger partial charge in [0.25, 0.3) is 0 Å². The van der Waals surface area contributed by atoms with Gasteiger partial charge in [0.2, 0.25) is 0 Å². The molecule has 2 unspecified atom stereocenters. The van der Waals surface area contributed by atoms with Gasteiger partial charge in [0.1, 0.15) is 0 Å². The Morgan fingerprint density at radius 3 is 1.56 bits per heavy atom. The van der Waals surface area contributed by atoms with Gasteiger partial charge in [-0.2, -0.15) is 0 Å². The number of nitrogens with zero attached hydrogens (tertiary/aromatic N) is 2. The summed E-state index contributed by atoms with van der Waals surface area (Å²) in [5.74, 6) is 0.451. The SMILES string of the molecule is C1=CCC(c2ccc(-c3ccc4c(c3)c3cc5c6c(c3n4-c3ccccc3)CCc3cc4c7cc(-c8ccc(-c9ccccc9)cc8)ccc7n(C7C=CC=CC7)c4c(c3-6)CC5)cc2)C=C1. The minimum Gasteiger partial charge on any atom is -0.333 e. The van der Waals surface area contributed by atoms with Gasteiger partial charge < -0.3 is 9.13 Å². The van der Waals surface area contributed by atoms with Crippen LogP contribution in [-0.2, 0) is 25.7 Å². The zero-order chi connectivity index (χ0) is 43.3. The summed E-state index contributed by atoms with van der Waals surface area (Å²) in [6.07, 6.45) is 24.3. The topological polar surface area (TPSA) is 9.86 Å². The largest absolute Gasteiger partial charge is 0.333 e. The molecule has 0 bridgehead atoms. The second-order valence-electron chi connectivity index (χ2n) is 18.9. The fourth-order valence-corrected chi connectivity index (χ4v) is 12.2. The van der Waals surface area contributed by atoms with Crippen LogP contribution < -0.4 is 0 Å². The summed E-state index contributed by atoms with van der Waals surface area (Å²) < 4.78 is 5.29. The number of rotatable bonds is 6. The lowest BCUT2D eigenvalue weighted by Gasteiger charge is -2.32. The smallest absolute Gasteiger partial charge is 0.0579 e. The molecule has 0 aliphatic heterocycles. The van der Waals surface area contributed by atoms with E-state index in [1.165, 1.54) is 122 Å². The Morgan fingerprint density at radius 2 is 0.924 bits per heavy atom. The maximum atomic E-state index is 2.71. The average molecular weight is 845 g/mol. The highest BCUT2D eigenvalue weighted by Crippen LogP contribution is 2.52. The zero-order valence-corrected chi connectivity index (χ0v) is 36.9. The van der Waals surface area contributed by atoms with Crippen molar-refractivity contribution in [3.63, 3.8) is 0 Å². The van der Waals surface area contributed by atoms with E-state index in [1.54, 1.807) is 0 Å². The summed E-state index contributed by atoms with van der Waals surface area (Å²) in [6, 6.07) is 60.1. The summed E-state index contributed by atoms with van der Waals surface area (Å²) in [7, 11) is 0. The first kappa shape index (κ1) is 37.7. The Labute approximate surface area is 385 Å². The first-order chi connectivity index (χ1) is 32.7. The highest BCUT2D eigenvalue weighted by Gasteiger charge is 2.33. The van der Waals surface area contributed by atoms with Crippen molar-refractivity contribution in [1.29, 1.82) is 0 Å². The molecule has 66 heavy (non-hydrogen) atoms. The molecule has 2 heteroatoms. The van der Waals surface area contributed by atoms with E-state index in [-0.39, 0.29) is 6.04 Å². The van der Waals surface area contributed by atoms with Crippen molar-refractivity contribution in [3.05, 3.63) is 234 Å². The summed E-state index contributed by atoms with van der Waals surface area (Å²) in [5, 5.41) is 5.49. The minimum absolute atomic E-state index is 0.263. The van der Waals surface area contributed by atoms with E-state index >= 15 is 0 Å². The molecule has 2 heterocycles. The third-order valence-corrected chi connectivity index (χ3v) is 15.3. The Morgan fingerprint density at radius 1 is 0.394 bits per heavy atom. The van der Waals surface area contributed by atoms with Gasteiger partial charge in [-0.15, -0.1) is 0 Å². The van der Waals surface area contributed by atoms with Crippen LogP contribution in [0.2, 0.25) is 0 Å². The average Bonchev–Trinajstić information content (AvgIpc) is 3.91. The molecule has 2 nitrogen and oxygen atoms in total. The summed E-state index contributed by atoms with van der Waals surface area (Å²) >= 11 is 0. The van der Waals surface area contributed by atoms with E-state index in [1.807, 2.05) is 0 Å². The summed E-state index contributed by atoms with van der Waals surface area (Å²) in [5.41, 5.74) is 24.7. The van der Waals surface area contributed by atoms with Gasteiger partial charge in [-0.25, -0.2) is 0 Å². The van der Waals surface area contributed by atoms with Gasteiger partial charge in [-0.1, -0.05) is 158 Å². The van der Waals surface area contributed by atoms with Crippen LogP contribution in [0.4, 0.5) is 0 Å². The third-order valence-electron chi connectivity index (χ3n) is 15.3. The fraction of sp³-hybridized carbons (Fsp3) is 0.125. The van der Waals surface area contributed by atoms with Crippen molar-refractivity contribution in [3.8, 4) is 50.2 Å². The number of allylic oxidation sites excluding steroid dienone is 8. The number of hydrogen-bond acceptors (Lipinski definition) is 0.